The summed E-state index contributed by atoms with van der Waals surface area (Å²) in [6.45, 7) is 3.82. The third kappa shape index (κ3) is 3.80. The fourth-order valence-corrected chi connectivity index (χ4v) is 5.76. The lowest BCUT2D eigenvalue weighted by Gasteiger charge is -2.29. The van der Waals surface area contributed by atoms with Crippen LogP contribution in [0.15, 0.2) is 23.1 Å². The number of anilines is 1. The van der Waals surface area contributed by atoms with E-state index in [-0.39, 0.29) is 22.9 Å². The summed E-state index contributed by atoms with van der Waals surface area (Å²) < 4.78 is 28.6. The Morgan fingerprint density at radius 1 is 1.31 bits per heavy atom. The van der Waals surface area contributed by atoms with Gasteiger partial charge >= 0.3 is 0 Å². The molecule has 1 fully saturated rings. The van der Waals surface area contributed by atoms with Crippen molar-refractivity contribution in [3.8, 4) is 0 Å². The van der Waals surface area contributed by atoms with Crippen LogP contribution in [0, 0.1) is 5.92 Å². The summed E-state index contributed by atoms with van der Waals surface area (Å²) in [7, 11) is -3.63. The Morgan fingerprint density at radius 2 is 2.00 bits per heavy atom. The molecule has 1 saturated carbocycles. The Balaban J connectivity index is 1.82. The zero-order valence-corrected chi connectivity index (χ0v) is 16.4. The largest absolute Gasteiger partial charge is 0.329 e. The van der Waals surface area contributed by atoms with Gasteiger partial charge < -0.3 is 10.6 Å². The molecular formula is C19H29N3O3S. The minimum Gasteiger partial charge on any atom is -0.329 e. The summed E-state index contributed by atoms with van der Waals surface area (Å²) in [4.78, 5) is 13.8. The highest BCUT2D eigenvalue weighted by atomic mass is 32.2. The predicted octanol–water partition coefficient (Wildman–Crippen LogP) is 2.17. The van der Waals surface area contributed by atoms with Gasteiger partial charge in [-0.3, -0.25) is 4.79 Å². The molecule has 1 aliphatic carbocycles. The van der Waals surface area contributed by atoms with Crippen molar-refractivity contribution in [3.05, 3.63) is 23.8 Å². The van der Waals surface area contributed by atoms with Gasteiger partial charge in [-0.2, -0.15) is 0 Å². The Morgan fingerprint density at radius 3 is 2.62 bits per heavy atom. The second-order valence-corrected chi connectivity index (χ2v) is 9.31. The molecule has 1 aromatic rings. The standard InChI is InChI=1S/C19H29N3O3S/c1-13-10-16-11-17(8-9-19(16)22(13)14(2)23)26(24,25)21-18(12-20)15-6-4-3-5-7-15/h8-9,11,13,15,18,21H,3-7,10,12,20H2,1-2H3. The van der Waals surface area contributed by atoms with Crippen LogP contribution >= 0.6 is 0 Å². The molecule has 0 saturated heterocycles. The third-order valence-electron chi connectivity index (χ3n) is 5.70. The minimum absolute atomic E-state index is 0.0227. The van der Waals surface area contributed by atoms with Gasteiger partial charge in [-0.1, -0.05) is 19.3 Å². The SMILES string of the molecule is CC(=O)N1c2ccc(S(=O)(=O)NC(CN)C3CCCCC3)cc2CC1C. The van der Waals surface area contributed by atoms with E-state index in [2.05, 4.69) is 4.72 Å². The van der Waals surface area contributed by atoms with Crippen LogP contribution in [-0.2, 0) is 21.2 Å². The molecule has 0 radical (unpaired) electrons. The molecule has 2 atom stereocenters. The quantitative estimate of drug-likeness (QED) is 0.820. The van der Waals surface area contributed by atoms with Crippen molar-refractivity contribution in [3.63, 3.8) is 0 Å². The Hall–Kier alpha value is -1.44. The first-order chi connectivity index (χ1) is 12.3. The highest BCUT2D eigenvalue weighted by molar-refractivity contribution is 7.89. The van der Waals surface area contributed by atoms with Crippen LogP contribution in [0.1, 0.15) is 51.5 Å². The molecule has 7 heteroatoms. The van der Waals surface area contributed by atoms with Gasteiger partial charge in [0, 0.05) is 31.2 Å². The molecule has 1 aromatic carbocycles. The summed E-state index contributed by atoms with van der Waals surface area (Å²) in [5, 5.41) is 0. The molecule has 2 unspecified atom stereocenters. The number of nitrogens with one attached hydrogen (secondary N) is 1. The second-order valence-electron chi connectivity index (χ2n) is 7.59. The van der Waals surface area contributed by atoms with Gasteiger partial charge in [0.1, 0.15) is 0 Å². The van der Waals surface area contributed by atoms with Crippen LogP contribution in [0.25, 0.3) is 0 Å². The topological polar surface area (TPSA) is 92.5 Å². The van der Waals surface area contributed by atoms with Gasteiger partial charge in [-0.25, -0.2) is 13.1 Å². The molecule has 26 heavy (non-hydrogen) atoms. The monoisotopic (exact) mass is 379 g/mol. The predicted molar refractivity (Wildman–Crippen MR) is 103 cm³/mol. The number of fused-ring (bicyclic) bond motifs is 1. The van der Waals surface area contributed by atoms with Crippen molar-refractivity contribution >= 4 is 21.6 Å². The maximum absolute atomic E-state index is 12.9. The van der Waals surface area contributed by atoms with Crippen LogP contribution in [0.5, 0.6) is 0 Å². The van der Waals surface area contributed by atoms with Gasteiger partial charge in [-0.05, 0) is 55.9 Å². The lowest BCUT2D eigenvalue weighted by Crippen LogP contribution is -2.45. The molecule has 1 aliphatic heterocycles. The first kappa shape index (κ1) is 19.3. The van der Waals surface area contributed by atoms with Crippen LogP contribution in [0.2, 0.25) is 0 Å². The average molecular weight is 380 g/mol. The second kappa shape index (κ2) is 7.66. The molecule has 3 rings (SSSR count). The first-order valence-electron chi connectivity index (χ1n) is 9.48. The number of carbonyl (C=O) groups is 1. The minimum atomic E-state index is -3.63. The fraction of sp³-hybridized carbons (Fsp3) is 0.632. The van der Waals surface area contributed by atoms with Crippen molar-refractivity contribution in [2.24, 2.45) is 11.7 Å². The number of nitrogens with zero attached hydrogens (tertiary/aromatic N) is 1. The van der Waals surface area contributed by atoms with E-state index in [9.17, 15) is 13.2 Å². The van der Waals surface area contributed by atoms with E-state index in [0.717, 1.165) is 36.9 Å². The smallest absolute Gasteiger partial charge is 0.240 e. The summed E-state index contributed by atoms with van der Waals surface area (Å²) in [5.74, 6) is 0.289. The highest BCUT2D eigenvalue weighted by Gasteiger charge is 2.32. The third-order valence-corrected chi connectivity index (χ3v) is 7.18. The average Bonchev–Trinajstić information content (AvgIpc) is 2.95. The van der Waals surface area contributed by atoms with Gasteiger partial charge in [-0.15, -0.1) is 0 Å². The van der Waals surface area contributed by atoms with E-state index in [0.29, 0.717) is 18.9 Å². The van der Waals surface area contributed by atoms with E-state index in [1.807, 2.05) is 6.92 Å². The summed E-state index contributed by atoms with van der Waals surface area (Å²) in [6, 6.07) is 4.86. The number of nitrogens with two attached hydrogens (primary N) is 1. The highest BCUT2D eigenvalue weighted by Crippen LogP contribution is 2.34. The van der Waals surface area contributed by atoms with Crippen LogP contribution < -0.4 is 15.4 Å². The number of carbonyl (C=O) groups excluding carboxylic acids is 1. The number of rotatable bonds is 5. The number of hydrogen-bond donors (Lipinski definition) is 2. The zero-order valence-electron chi connectivity index (χ0n) is 15.6. The van der Waals surface area contributed by atoms with Crippen molar-refractivity contribution in [2.45, 2.75) is 69.4 Å². The Labute approximate surface area is 156 Å². The molecule has 6 nitrogen and oxygen atoms in total. The number of sulfonamides is 1. The Kier molecular flexibility index (Phi) is 5.69. The number of benzene rings is 1. The maximum atomic E-state index is 12.9. The van der Waals surface area contributed by atoms with Crippen molar-refractivity contribution in [1.29, 1.82) is 0 Å². The number of amides is 1. The molecule has 2 aliphatic rings. The summed E-state index contributed by atoms with van der Waals surface area (Å²) in [6.07, 6.45) is 6.22. The molecular weight excluding hydrogens is 350 g/mol. The lowest BCUT2D eigenvalue weighted by atomic mass is 9.84. The molecule has 1 amide bonds. The van der Waals surface area contributed by atoms with Gasteiger partial charge in [0.15, 0.2) is 0 Å². The normalized spacial score (nSPS) is 22.3. The lowest BCUT2D eigenvalue weighted by molar-refractivity contribution is -0.116. The van der Waals surface area contributed by atoms with Gasteiger partial charge in [0.25, 0.3) is 0 Å². The van der Waals surface area contributed by atoms with Crippen molar-refractivity contribution in [2.75, 3.05) is 11.4 Å². The van der Waals surface area contributed by atoms with E-state index >= 15 is 0 Å². The summed E-state index contributed by atoms with van der Waals surface area (Å²) >= 11 is 0. The van der Waals surface area contributed by atoms with Crippen molar-refractivity contribution < 1.29 is 13.2 Å². The maximum Gasteiger partial charge on any atom is 0.240 e. The molecule has 3 N–H and O–H groups in total. The zero-order chi connectivity index (χ0) is 18.9. The van der Waals surface area contributed by atoms with Crippen LogP contribution in [0.4, 0.5) is 5.69 Å². The fourth-order valence-electron chi connectivity index (χ4n) is 4.40. The van der Waals surface area contributed by atoms with E-state index in [1.54, 1.807) is 23.1 Å². The molecule has 0 bridgehead atoms. The van der Waals surface area contributed by atoms with E-state index in [1.165, 1.54) is 13.3 Å². The van der Waals surface area contributed by atoms with Crippen LogP contribution in [0.3, 0.4) is 0 Å². The van der Waals surface area contributed by atoms with Crippen LogP contribution in [-0.4, -0.2) is 33.0 Å². The van der Waals surface area contributed by atoms with Gasteiger partial charge in [0.2, 0.25) is 15.9 Å². The van der Waals surface area contributed by atoms with Crippen molar-refractivity contribution in [1.82, 2.24) is 4.72 Å². The Bertz CT molecular complexity index is 772. The van der Waals surface area contributed by atoms with Gasteiger partial charge in [0.05, 0.1) is 4.90 Å². The molecule has 0 aromatic heterocycles. The first-order valence-corrected chi connectivity index (χ1v) is 11.0. The summed E-state index contributed by atoms with van der Waals surface area (Å²) in [5.41, 5.74) is 7.59. The van der Waals surface area contributed by atoms with E-state index < -0.39 is 10.0 Å². The molecule has 144 valence electrons. The molecule has 0 spiro atoms. The van der Waals surface area contributed by atoms with E-state index in [4.69, 9.17) is 5.73 Å². The number of hydrogen-bond acceptors (Lipinski definition) is 4. The molecule has 1 heterocycles.